The van der Waals surface area contributed by atoms with Gasteiger partial charge in [-0.2, -0.15) is 0 Å². The van der Waals surface area contributed by atoms with Gasteiger partial charge < -0.3 is 0 Å². The SMILES string of the molecule is Cc1ccc(Br)c(C(Cc2nccs2)NN)c1. The van der Waals surface area contributed by atoms with E-state index < -0.39 is 0 Å². The minimum absolute atomic E-state index is 0.0791. The number of aromatic nitrogens is 1. The van der Waals surface area contributed by atoms with Gasteiger partial charge in [-0.05, 0) is 18.6 Å². The summed E-state index contributed by atoms with van der Waals surface area (Å²) < 4.78 is 1.07. The molecule has 2 aromatic rings. The van der Waals surface area contributed by atoms with Crippen LogP contribution in [-0.4, -0.2) is 4.98 Å². The third kappa shape index (κ3) is 3.13. The lowest BCUT2D eigenvalue weighted by Gasteiger charge is -2.17. The van der Waals surface area contributed by atoms with Crippen LogP contribution in [0.5, 0.6) is 0 Å². The van der Waals surface area contributed by atoms with E-state index in [4.69, 9.17) is 5.84 Å². The second kappa shape index (κ2) is 5.73. The number of aryl methyl sites for hydroxylation is 1. The molecule has 1 unspecified atom stereocenters. The molecule has 0 spiro atoms. The topological polar surface area (TPSA) is 50.9 Å². The number of hydrazine groups is 1. The van der Waals surface area contributed by atoms with Gasteiger partial charge in [0, 0.05) is 22.5 Å². The third-order valence-corrected chi connectivity index (χ3v) is 4.11. The maximum absolute atomic E-state index is 5.65. The summed E-state index contributed by atoms with van der Waals surface area (Å²) in [6.45, 7) is 2.08. The first-order valence-electron chi connectivity index (χ1n) is 5.31. The standard InChI is InChI=1S/C12H14BrN3S/c1-8-2-3-10(13)9(6-8)11(16-14)7-12-15-4-5-17-12/h2-6,11,16H,7,14H2,1H3. The van der Waals surface area contributed by atoms with Crippen LogP contribution in [0.25, 0.3) is 0 Å². The summed E-state index contributed by atoms with van der Waals surface area (Å²) in [5, 5.41) is 3.06. The minimum Gasteiger partial charge on any atom is -0.271 e. The van der Waals surface area contributed by atoms with Gasteiger partial charge in [-0.25, -0.2) is 4.98 Å². The van der Waals surface area contributed by atoms with Crippen LogP contribution in [0.1, 0.15) is 22.2 Å². The number of nitrogens with one attached hydrogen (secondary N) is 1. The van der Waals surface area contributed by atoms with Crippen LogP contribution in [0.15, 0.2) is 34.2 Å². The fourth-order valence-corrected chi connectivity index (χ4v) is 2.90. The summed E-state index contributed by atoms with van der Waals surface area (Å²) >= 11 is 5.21. The molecule has 0 saturated carbocycles. The van der Waals surface area contributed by atoms with Gasteiger partial charge in [0.2, 0.25) is 0 Å². The average Bonchev–Trinajstić information content (AvgIpc) is 2.82. The van der Waals surface area contributed by atoms with Crippen molar-refractivity contribution < 1.29 is 0 Å². The Morgan fingerprint density at radius 2 is 2.35 bits per heavy atom. The highest BCUT2D eigenvalue weighted by atomic mass is 79.9. The Labute approximate surface area is 113 Å². The van der Waals surface area contributed by atoms with E-state index >= 15 is 0 Å². The Kier molecular flexibility index (Phi) is 4.28. The van der Waals surface area contributed by atoms with Gasteiger partial charge in [-0.3, -0.25) is 11.3 Å². The zero-order chi connectivity index (χ0) is 12.3. The zero-order valence-electron chi connectivity index (χ0n) is 9.48. The van der Waals surface area contributed by atoms with Crippen LogP contribution in [-0.2, 0) is 6.42 Å². The molecular weight excluding hydrogens is 298 g/mol. The second-order valence-electron chi connectivity index (χ2n) is 3.87. The van der Waals surface area contributed by atoms with Gasteiger partial charge in [0.05, 0.1) is 11.0 Å². The van der Waals surface area contributed by atoms with Gasteiger partial charge in [-0.15, -0.1) is 11.3 Å². The van der Waals surface area contributed by atoms with Gasteiger partial charge in [-0.1, -0.05) is 33.6 Å². The van der Waals surface area contributed by atoms with E-state index in [1.54, 1.807) is 11.3 Å². The Morgan fingerprint density at radius 1 is 1.53 bits per heavy atom. The molecule has 3 nitrogen and oxygen atoms in total. The molecular formula is C12H14BrN3S. The molecule has 5 heteroatoms. The average molecular weight is 312 g/mol. The van der Waals surface area contributed by atoms with Crippen LogP contribution < -0.4 is 11.3 Å². The lowest BCUT2D eigenvalue weighted by Crippen LogP contribution is -2.29. The van der Waals surface area contributed by atoms with Gasteiger partial charge in [0.25, 0.3) is 0 Å². The fraction of sp³-hybridized carbons (Fsp3) is 0.250. The van der Waals surface area contributed by atoms with Crippen molar-refractivity contribution in [3.63, 3.8) is 0 Å². The summed E-state index contributed by atoms with van der Waals surface area (Å²) in [6, 6.07) is 6.35. The van der Waals surface area contributed by atoms with Crippen LogP contribution in [0.4, 0.5) is 0 Å². The van der Waals surface area contributed by atoms with Crippen LogP contribution >= 0.6 is 27.3 Å². The normalized spacial score (nSPS) is 12.6. The molecule has 0 aliphatic carbocycles. The van der Waals surface area contributed by atoms with E-state index in [0.717, 1.165) is 15.9 Å². The molecule has 2 rings (SSSR count). The highest BCUT2D eigenvalue weighted by Crippen LogP contribution is 2.27. The summed E-state index contributed by atoms with van der Waals surface area (Å²) in [6.07, 6.45) is 2.62. The van der Waals surface area contributed by atoms with Crippen molar-refractivity contribution in [2.75, 3.05) is 0 Å². The Balaban J connectivity index is 2.25. The molecule has 17 heavy (non-hydrogen) atoms. The summed E-state index contributed by atoms with van der Waals surface area (Å²) in [7, 11) is 0. The van der Waals surface area contributed by atoms with E-state index in [1.165, 1.54) is 11.1 Å². The number of nitrogens with zero attached hydrogens (tertiary/aromatic N) is 1. The third-order valence-electron chi connectivity index (χ3n) is 2.59. The molecule has 0 saturated heterocycles. The predicted molar refractivity (Wildman–Crippen MR) is 74.8 cm³/mol. The Hall–Kier alpha value is -0.750. The molecule has 1 aromatic carbocycles. The van der Waals surface area contributed by atoms with Gasteiger partial charge in [0.1, 0.15) is 0 Å². The van der Waals surface area contributed by atoms with Crippen molar-refractivity contribution in [3.8, 4) is 0 Å². The number of benzene rings is 1. The van der Waals surface area contributed by atoms with Crippen LogP contribution in [0.2, 0.25) is 0 Å². The molecule has 0 radical (unpaired) electrons. The maximum atomic E-state index is 5.65. The molecule has 3 N–H and O–H groups in total. The van der Waals surface area contributed by atoms with E-state index in [9.17, 15) is 0 Å². The molecule has 1 heterocycles. The highest BCUT2D eigenvalue weighted by Gasteiger charge is 2.15. The molecule has 0 aliphatic heterocycles. The van der Waals surface area contributed by atoms with Crippen molar-refractivity contribution in [3.05, 3.63) is 50.4 Å². The molecule has 0 amide bonds. The fourth-order valence-electron chi connectivity index (χ4n) is 1.72. The van der Waals surface area contributed by atoms with Crippen molar-refractivity contribution in [1.29, 1.82) is 0 Å². The molecule has 0 fully saturated rings. The summed E-state index contributed by atoms with van der Waals surface area (Å²) in [4.78, 5) is 4.29. The quantitative estimate of drug-likeness (QED) is 0.674. The van der Waals surface area contributed by atoms with Gasteiger partial charge >= 0.3 is 0 Å². The minimum atomic E-state index is 0.0791. The number of hydrogen-bond acceptors (Lipinski definition) is 4. The molecule has 1 aromatic heterocycles. The van der Waals surface area contributed by atoms with E-state index in [2.05, 4.69) is 51.5 Å². The van der Waals surface area contributed by atoms with Crippen molar-refractivity contribution >= 4 is 27.3 Å². The summed E-state index contributed by atoms with van der Waals surface area (Å²) in [5.74, 6) is 5.65. The first-order valence-corrected chi connectivity index (χ1v) is 6.98. The van der Waals surface area contributed by atoms with Crippen LogP contribution in [0, 0.1) is 6.92 Å². The smallest absolute Gasteiger partial charge is 0.0944 e. The number of halogens is 1. The molecule has 90 valence electrons. The largest absolute Gasteiger partial charge is 0.271 e. The number of nitrogens with two attached hydrogens (primary N) is 1. The van der Waals surface area contributed by atoms with E-state index in [0.29, 0.717) is 0 Å². The predicted octanol–water partition coefficient (Wildman–Crippen LogP) is 2.96. The highest BCUT2D eigenvalue weighted by molar-refractivity contribution is 9.10. The first kappa shape index (κ1) is 12.7. The number of rotatable bonds is 4. The lowest BCUT2D eigenvalue weighted by atomic mass is 10.0. The maximum Gasteiger partial charge on any atom is 0.0944 e. The molecule has 0 bridgehead atoms. The lowest BCUT2D eigenvalue weighted by molar-refractivity contribution is 0.548. The number of thiazole rings is 1. The van der Waals surface area contributed by atoms with Crippen molar-refractivity contribution in [2.45, 2.75) is 19.4 Å². The molecule has 0 aliphatic rings. The Morgan fingerprint density at radius 3 is 3.00 bits per heavy atom. The summed E-state index contributed by atoms with van der Waals surface area (Å²) in [5.41, 5.74) is 5.26. The second-order valence-corrected chi connectivity index (χ2v) is 5.71. The number of hydrogen-bond donors (Lipinski definition) is 2. The Bertz CT molecular complexity index is 485. The zero-order valence-corrected chi connectivity index (χ0v) is 11.9. The van der Waals surface area contributed by atoms with Crippen LogP contribution in [0.3, 0.4) is 0 Å². The molecule has 1 atom stereocenters. The van der Waals surface area contributed by atoms with E-state index in [1.807, 2.05) is 11.6 Å². The van der Waals surface area contributed by atoms with E-state index in [-0.39, 0.29) is 6.04 Å². The monoisotopic (exact) mass is 311 g/mol. The van der Waals surface area contributed by atoms with Gasteiger partial charge in [0.15, 0.2) is 0 Å². The van der Waals surface area contributed by atoms with Crippen molar-refractivity contribution in [2.24, 2.45) is 5.84 Å². The van der Waals surface area contributed by atoms with Crippen molar-refractivity contribution in [1.82, 2.24) is 10.4 Å². The first-order chi connectivity index (χ1) is 8.20.